The van der Waals surface area contributed by atoms with E-state index in [-0.39, 0.29) is 23.6 Å². The van der Waals surface area contributed by atoms with Crippen molar-refractivity contribution in [1.82, 2.24) is 0 Å². The van der Waals surface area contributed by atoms with Gasteiger partial charge in [-0.25, -0.2) is 9.59 Å². The topological polar surface area (TPSA) is 65.1 Å². The van der Waals surface area contributed by atoms with Crippen LogP contribution in [-0.2, 0) is 23.8 Å². The highest BCUT2D eigenvalue weighted by Crippen LogP contribution is 2.43. The van der Waals surface area contributed by atoms with Crippen molar-refractivity contribution in [3.05, 3.63) is 34.9 Å². The van der Waals surface area contributed by atoms with Crippen LogP contribution < -0.4 is 0 Å². The van der Waals surface area contributed by atoms with Gasteiger partial charge < -0.3 is 14.2 Å². The second-order valence-electron chi connectivity index (χ2n) is 7.80. The molecule has 27 heavy (non-hydrogen) atoms. The standard InChI is InChI=1S/C22H32O5/c1-15(2)16-8-10-17(20(23)25-4)7-6-14-22(3)19(27-22)13-12-18(11-9-16)21(24)26-5/h7,9,11,15,19H,6,8,10,12-14H2,1-5H3/b16-9+,17-7-,18-11+/t19-,22-/m0/s1. The Balaban J connectivity index is 2.31. The number of hydrogen-bond donors (Lipinski definition) is 0. The van der Waals surface area contributed by atoms with Crippen LogP contribution in [0.1, 0.15) is 59.3 Å². The van der Waals surface area contributed by atoms with Crippen LogP contribution in [0.25, 0.3) is 0 Å². The van der Waals surface area contributed by atoms with Gasteiger partial charge in [0.1, 0.15) is 0 Å². The molecule has 1 saturated heterocycles. The zero-order valence-corrected chi connectivity index (χ0v) is 17.2. The molecule has 0 unspecified atom stereocenters. The van der Waals surface area contributed by atoms with E-state index in [1.807, 2.05) is 18.2 Å². The van der Waals surface area contributed by atoms with Crippen molar-refractivity contribution in [2.24, 2.45) is 5.92 Å². The maximum atomic E-state index is 12.1. The maximum absolute atomic E-state index is 12.1. The predicted molar refractivity (Wildman–Crippen MR) is 104 cm³/mol. The maximum Gasteiger partial charge on any atom is 0.333 e. The van der Waals surface area contributed by atoms with Gasteiger partial charge in [-0.2, -0.15) is 0 Å². The van der Waals surface area contributed by atoms with Crippen molar-refractivity contribution in [2.75, 3.05) is 14.2 Å². The summed E-state index contributed by atoms with van der Waals surface area (Å²) >= 11 is 0. The molecule has 1 heterocycles. The van der Waals surface area contributed by atoms with Crippen molar-refractivity contribution in [3.8, 4) is 0 Å². The normalized spacial score (nSPS) is 32.5. The molecule has 5 heteroatoms. The van der Waals surface area contributed by atoms with Gasteiger partial charge in [0.05, 0.1) is 25.9 Å². The molecule has 0 spiro atoms. The predicted octanol–water partition coefficient (Wildman–Crippen LogP) is 4.28. The van der Waals surface area contributed by atoms with Gasteiger partial charge in [0.25, 0.3) is 0 Å². The van der Waals surface area contributed by atoms with Crippen LogP contribution in [0.2, 0.25) is 0 Å². The summed E-state index contributed by atoms with van der Waals surface area (Å²) in [6, 6.07) is 0. The van der Waals surface area contributed by atoms with Gasteiger partial charge in [-0.15, -0.1) is 0 Å². The lowest BCUT2D eigenvalue weighted by Crippen LogP contribution is -2.12. The van der Waals surface area contributed by atoms with Crippen LogP contribution >= 0.6 is 0 Å². The first-order chi connectivity index (χ1) is 12.8. The fourth-order valence-corrected chi connectivity index (χ4v) is 3.55. The summed E-state index contributed by atoms with van der Waals surface area (Å²) in [4.78, 5) is 24.3. The SMILES string of the molecule is COC(=O)/C1=C\CC[C@]2(C)O[C@H]2CC/C(C(=O)OC)=C\C=C(\C(C)C)CC1. The molecule has 0 saturated carbocycles. The molecule has 0 aromatic carbocycles. The monoisotopic (exact) mass is 376 g/mol. The largest absolute Gasteiger partial charge is 0.466 e. The molecule has 150 valence electrons. The van der Waals surface area contributed by atoms with Crippen LogP contribution in [0, 0.1) is 5.92 Å². The lowest BCUT2D eigenvalue weighted by molar-refractivity contribution is -0.137. The summed E-state index contributed by atoms with van der Waals surface area (Å²) in [5.74, 6) is -0.240. The summed E-state index contributed by atoms with van der Waals surface area (Å²) in [5, 5.41) is 0. The first-order valence-corrected chi connectivity index (χ1v) is 9.73. The molecule has 1 aliphatic heterocycles. The fraction of sp³-hybridized carbons (Fsp3) is 0.636. The molecule has 1 fully saturated rings. The van der Waals surface area contributed by atoms with E-state index in [2.05, 4.69) is 20.8 Å². The quantitative estimate of drug-likeness (QED) is 0.543. The minimum absolute atomic E-state index is 0.136. The number of esters is 2. The third kappa shape index (κ3) is 5.80. The van der Waals surface area contributed by atoms with Crippen molar-refractivity contribution in [2.45, 2.75) is 71.0 Å². The summed E-state index contributed by atoms with van der Waals surface area (Å²) in [7, 11) is 2.83. The van der Waals surface area contributed by atoms with E-state index >= 15 is 0 Å². The highest BCUT2D eigenvalue weighted by Gasteiger charge is 2.50. The van der Waals surface area contributed by atoms with E-state index in [1.54, 1.807) is 0 Å². The zero-order valence-electron chi connectivity index (χ0n) is 17.2. The number of allylic oxidation sites excluding steroid dienone is 4. The summed E-state index contributed by atoms with van der Waals surface area (Å²) in [6.07, 6.45) is 10.4. The molecule has 0 amide bonds. The Morgan fingerprint density at radius 2 is 1.74 bits per heavy atom. The number of carbonyl (C=O) groups excluding carboxylic acids is 2. The summed E-state index contributed by atoms with van der Waals surface area (Å²) in [6.45, 7) is 6.32. The Morgan fingerprint density at radius 3 is 2.37 bits per heavy atom. The first kappa shape index (κ1) is 21.4. The molecule has 0 radical (unpaired) electrons. The van der Waals surface area contributed by atoms with Gasteiger partial charge in [0.2, 0.25) is 0 Å². The van der Waals surface area contributed by atoms with Crippen LogP contribution in [0.5, 0.6) is 0 Å². The van der Waals surface area contributed by atoms with Crippen molar-refractivity contribution in [1.29, 1.82) is 0 Å². The average molecular weight is 376 g/mol. The van der Waals surface area contributed by atoms with E-state index in [0.717, 1.165) is 25.7 Å². The molecule has 2 atom stereocenters. The Hall–Kier alpha value is -1.88. The molecule has 2 aliphatic rings. The lowest BCUT2D eigenvalue weighted by atomic mass is 9.92. The number of rotatable bonds is 3. The van der Waals surface area contributed by atoms with E-state index in [1.165, 1.54) is 19.8 Å². The second-order valence-corrected chi connectivity index (χ2v) is 7.80. The minimum atomic E-state index is -0.293. The van der Waals surface area contributed by atoms with Gasteiger partial charge in [-0.05, 0) is 51.4 Å². The van der Waals surface area contributed by atoms with Gasteiger partial charge in [0, 0.05) is 11.1 Å². The number of fused-ring (bicyclic) bond motifs is 1. The second kappa shape index (κ2) is 9.36. The smallest absolute Gasteiger partial charge is 0.333 e. The molecule has 0 bridgehead atoms. The van der Waals surface area contributed by atoms with E-state index in [9.17, 15) is 9.59 Å². The third-order valence-corrected chi connectivity index (χ3v) is 5.56. The Morgan fingerprint density at radius 1 is 1.07 bits per heavy atom. The number of carbonyl (C=O) groups is 2. The molecule has 5 nitrogen and oxygen atoms in total. The van der Waals surface area contributed by atoms with Gasteiger partial charge in [0.15, 0.2) is 0 Å². The van der Waals surface area contributed by atoms with Gasteiger partial charge in [-0.3, -0.25) is 0 Å². The average Bonchev–Trinajstić information content (AvgIpc) is 3.30. The molecule has 2 rings (SSSR count). The molecular weight excluding hydrogens is 344 g/mol. The third-order valence-electron chi connectivity index (χ3n) is 5.56. The highest BCUT2D eigenvalue weighted by molar-refractivity contribution is 5.89. The molecule has 0 aromatic heterocycles. The van der Waals surface area contributed by atoms with Crippen LogP contribution in [0.15, 0.2) is 34.9 Å². The van der Waals surface area contributed by atoms with Crippen LogP contribution in [0.3, 0.4) is 0 Å². The lowest BCUT2D eigenvalue weighted by Gasteiger charge is -2.13. The number of methoxy groups -OCH3 is 2. The van der Waals surface area contributed by atoms with E-state index in [0.29, 0.717) is 29.9 Å². The number of hydrogen-bond acceptors (Lipinski definition) is 5. The Bertz CT molecular complexity index is 656. The number of ether oxygens (including phenoxy) is 3. The molecule has 1 aliphatic carbocycles. The summed E-state index contributed by atoms with van der Waals surface area (Å²) < 4.78 is 15.8. The highest BCUT2D eigenvalue weighted by atomic mass is 16.6. The molecule has 0 N–H and O–H groups in total. The van der Waals surface area contributed by atoms with Crippen molar-refractivity contribution in [3.63, 3.8) is 0 Å². The molecule has 0 aromatic rings. The van der Waals surface area contributed by atoms with Gasteiger partial charge in [-0.1, -0.05) is 37.6 Å². The number of epoxide rings is 1. The zero-order chi connectivity index (χ0) is 20.0. The Kier molecular flexibility index (Phi) is 7.42. The van der Waals surface area contributed by atoms with Crippen LogP contribution in [0.4, 0.5) is 0 Å². The fourth-order valence-electron chi connectivity index (χ4n) is 3.55. The van der Waals surface area contributed by atoms with E-state index < -0.39 is 0 Å². The van der Waals surface area contributed by atoms with Gasteiger partial charge >= 0.3 is 11.9 Å². The van der Waals surface area contributed by atoms with Crippen molar-refractivity contribution < 1.29 is 23.8 Å². The van der Waals surface area contributed by atoms with Crippen LogP contribution in [-0.4, -0.2) is 37.9 Å². The molecular formula is C22H32O5. The Labute approximate surface area is 162 Å². The van der Waals surface area contributed by atoms with Crippen molar-refractivity contribution >= 4 is 11.9 Å². The minimum Gasteiger partial charge on any atom is -0.466 e. The van der Waals surface area contributed by atoms with E-state index in [4.69, 9.17) is 14.2 Å². The summed E-state index contributed by atoms with van der Waals surface area (Å²) in [5.41, 5.74) is 2.38. The first-order valence-electron chi connectivity index (χ1n) is 9.73.